The fourth-order valence-corrected chi connectivity index (χ4v) is 2.17. The Morgan fingerprint density at radius 2 is 1.80 bits per heavy atom. The maximum atomic E-state index is 5.36. The van der Waals surface area contributed by atoms with Gasteiger partial charge in [-0.2, -0.15) is 0 Å². The maximum Gasteiger partial charge on any atom is 0.145 e. The largest absolute Gasteiger partial charge is 0.494 e. The fourth-order valence-electron chi connectivity index (χ4n) is 2.17. The van der Waals surface area contributed by atoms with E-state index in [2.05, 4.69) is 16.4 Å². The van der Waals surface area contributed by atoms with Gasteiger partial charge in [0.1, 0.15) is 11.3 Å². The van der Waals surface area contributed by atoms with Crippen LogP contribution in [0.4, 0.5) is 5.69 Å². The van der Waals surface area contributed by atoms with E-state index >= 15 is 0 Å². The summed E-state index contributed by atoms with van der Waals surface area (Å²) >= 11 is 0. The van der Waals surface area contributed by atoms with Gasteiger partial charge in [-0.1, -0.05) is 36.4 Å². The number of fused-ring (bicyclic) bond motifs is 1. The molecule has 3 aromatic rings. The summed E-state index contributed by atoms with van der Waals surface area (Å²) < 4.78 is 5.36. The highest BCUT2D eigenvalue weighted by atomic mass is 16.5. The number of hydrogen-bond acceptors (Lipinski definition) is 3. The van der Waals surface area contributed by atoms with Crippen LogP contribution in [-0.2, 0) is 6.54 Å². The minimum absolute atomic E-state index is 0.692. The smallest absolute Gasteiger partial charge is 0.145 e. The maximum absolute atomic E-state index is 5.36. The Bertz CT molecular complexity index is 711. The van der Waals surface area contributed by atoms with Crippen LogP contribution < -0.4 is 10.1 Å². The number of nitrogens with zero attached hydrogens (tertiary/aromatic N) is 1. The summed E-state index contributed by atoms with van der Waals surface area (Å²) in [5.74, 6) is 0.809. The van der Waals surface area contributed by atoms with Crippen LogP contribution >= 0.6 is 0 Å². The Kier molecular flexibility index (Phi) is 3.50. The van der Waals surface area contributed by atoms with E-state index in [0.717, 1.165) is 28.0 Å². The Labute approximate surface area is 118 Å². The van der Waals surface area contributed by atoms with Crippen molar-refractivity contribution in [2.45, 2.75) is 6.54 Å². The Hall–Kier alpha value is -2.55. The second-order valence-electron chi connectivity index (χ2n) is 4.55. The van der Waals surface area contributed by atoms with Crippen LogP contribution in [0, 0.1) is 0 Å². The molecule has 0 fully saturated rings. The standard InChI is InChI=1S/C17H16N2O/c1-20-16-9-5-6-13-10-11-15(19-17(13)16)12-18-14-7-3-2-4-8-14/h2-11,18H,12H2,1H3. The van der Waals surface area contributed by atoms with Gasteiger partial charge in [0.2, 0.25) is 0 Å². The molecule has 20 heavy (non-hydrogen) atoms. The molecule has 1 N–H and O–H groups in total. The average molecular weight is 264 g/mol. The highest BCUT2D eigenvalue weighted by molar-refractivity contribution is 5.84. The second-order valence-corrected chi connectivity index (χ2v) is 4.55. The molecule has 1 aromatic heterocycles. The SMILES string of the molecule is COc1cccc2ccc(CNc3ccccc3)nc12. The summed E-state index contributed by atoms with van der Waals surface area (Å²) in [6.07, 6.45) is 0. The molecular weight excluding hydrogens is 248 g/mol. The molecule has 0 bridgehead atoms. The van der Waals surface area contributed by atoms with Crippen LogP contribution in [-0.4, -0.2) is 12.1 Å². The molecule has 100 valence electrons. The fraction of sp³-hybridized carbons (Fsp3) is 0.118. The molecule has 2 aromatic carbocycles. The average Bonchev–Trinajstić information content (AvgIpc) is 2.53. The zero-order chi connectivity index (χ0) is 13.8. The van der Waals surface area contributed by atoms with Crippen molar-refractivity contribution >= 4 is 16.6 Å². The summed E-state index contributed by atoms with van der Waals surface area (Å²) in [5.41, 5.74) is 2.99. The summed E-state index contributed by atoms with van der Waals surface area (Å²) in [6.45, 7) is 0.692. The van der Waals surface area contributed by atoms with Crippen molar-refractivity contribution in [3.63, 3.8) is 0 Å². The summed E-state index contributed by atoms with van der Waals surface area (Å²) in [6, 6.07) is 20.2. The number of rotatable bonds is 4. The van der Waals surface area contributed by atoms with Gasteiger partial charge >= 0.3 is 0 Å². The molecule has 0 saturated heterocycles. The van der Waals surface area contributed by atoms with Crippen LogP contribution in [0.5, 0.6) is 5.75 Å². The number of ether oxygens (including phenoxy) is 1. The molecular formula is C17H16N2O. The number of para-hydroxylation sites is 2. The normalized spacial score (nSPS) is 10.4. The lowest BCUT2D eigenvalue weighted by atomic mass is 10.2. The van der Waals surface area contributed by atoms with E-state index in [9.17, 15) is 0 Å². The Balaban J connectivity index is 1.85. The van der Waals surface area contributed by atoms with Gasteiger partial charge in [-0.15, -0.1) is 0 Å². The Morgan fingerprint density at radius 1 is 0.950 bits per heavy atom. The van der Waals surface area contributed by atoms with Crippen LogP contribution in [0.3, 0.4) is 0 Å². The van der Waals surface area contributed by atoms with Crippen molar-refractivity contribution in [3.8, 4) is 5.75 Å². The van der Waals surface area contributed by atoms with Gasteiger partial charge in [-0.05, 0) is 24.3 Å². The summed E-state index contributed by atoms with van der Waals surface area (Å²) in [7, 11) is 1.67. The molecule has 3 nitrogen and oxygen atoms in total. The first-order valence-electron chi connectivity index (χ1n) is 6.58. The van der Waals surface area contributed by atoms with E-state index in [1.807, 2.05) is 54.6 Å². The third kappa shape index (κ3) is 2.57. The van der Waals surface area contributed by atoms with E-state index in [-0.39, 0.29) is 0 Å². The molecule has 0 spiro atoms. The van der Waals surface area contributed by atoms with Crippen molar-refractivity contribution < 1.29 is 4.74 Å². The minimum Gasteiger partial charge on any atom is -0.494 e. The zero-order valence-electron chi connectivity index (χ0n) is 11.3. The van der Waals surface area contributed by atoms with Crippen molar-refractivity contribution in [3.05, 3.63) is 66.4 Å². The zero-order valence-corrected chi connectivity index (χ0v) is 11.3. The predicted octanol–water partition coefficient (Wildman–Crippen LogP) is 3.86. The topological polar surface area (TPSA) is 34.1 Å². The van der Waals surface area contributed by atoms with E-state index in [1.54, 1.807) is 7.11 Å². The van der Waals surface area contributed by atoms with Gasteiger partial charge in [0.05, 0.1) is 19.3 Å². The minimum atomic E-state index is 0.692. The molecule has 0 aliphatic rings. The molecule has 0 amide bonds. The molecule has 0 atom stereocenters. The van der Waals surface area contributed by atoms with Gasteiger partial charge in [0.25, 0.3) is 0 Å². The second kappa shape index (κ2) is 5.61. The molecule has 3 rings (SSSR count). The lowest BCUT2D eigenvalue weighted by Gasteiger charge is -2.08. The summed E-state index contributed by atoms with van der Waals surface area (Å²) in [4.78, 5) is 4.67. The highest BCUT2D eigenvalue weighted by Gasteiger charge is 2.04. The van der Waals surface area contributed by atoms with Crippen LogP contribution in [0.15, 0.2) is 60.7 Å². The van der Waals surface area contributed by atoms with Crippen molar-refractivity contribution in [1.29, 1.82) is 0 Å². The first kappa shape index (κ1) is 12.5. The summed E-state index contributed by atoms with van der Waals surface area (Å²) in [5, 5.41) is 4.45. The third-order valence-corrected chi connectivity index (χ3v) is 3.21. The van der Waals surface area contributed by atoms with Gasteiger partial charge in [0.15, 0.2) is 0 Å². The predicted molar refractivity (Wildman–Crippen MR) is 82.1 cm³/mol. The number of methoxy groups -OCH3 is 1. The lowest BCUT2D eigenvalue weighted by molar-refractivity contribution is 0.419. The molecule has 0 aliphatic carbocycles. The molecule has 3 heteroatoms. The number of benzene rings is 2. The van der Waals surface area contributed by atoms with Crippen molar-refractivity contribution in [1.82, 2.24) is 4.98 Å². The van der Waals surface area contributed by atoms with Gasteiger partial charge in [-0.25, -0.2) is 4.98 Å². The number of hydrogen-bond donors (Lipinski definition) is 1. The van der Waals surface area contributed by atoms with Crippen LogP contribution in [0.25, 0.3) is 10.9 Å². The number of aromatic nitrogens is 1. The van der Waals surface area contributed by atoms with E-state index in [1.165, 1.54) is 0 Å². The van der Waals surface area contributed by atoms with E-state index in [4.69, 9.17) is 4.74 Å². The lowest BCUT2D eigenvalue weighted by Crippen LogP contribution is -2.01. The molecule has 0 radical (unpaired) electrons. The quantitative estimate of drug-likeness (QED) is 0.777. The van der Waals surface area contributed by atoms with E-state index < -0.39 is 0 Å². The van der Waals surface area contributed by atoms with E-state index in [0.29, 0.717) is 6.54 Å². The van der Waals surface area contributed by atoms with Crippen LogP contribution in [0.1, 0.15) is 5.69 Å². The number of nitrogens with one attached hydrogen (secondary N) is 1. The van der Waals surface area contributed by atoms with Gasteiger partial charge in [-0.3, -0.25) is 0 Å². The number of pyridine rings is 1. The first-order chi connectivity index (χ1) is 9.86. The highest BCUT2D eigenvalue weighted by Crippen LogP contribution is 2.23. The first-order valence-corrected chi connectivity index (χ1v) is 6.58. The molecule has 1 heterocycles. The van der Waals surface area contributed by atoms with Crippen molar-refractivity contribution in [2.24, 2.45) is 0 Å². The molecule has 0 saturated carbocycles. The molecule has 0 unspecified atom stereocenters. The van der Waals surface area contributed by atoms with Crippen LogP contribution in [0.2, 0.25) is 0 Å². The Morgan fingerprint density at radius 3 is 2.60 bits per heavy atom. The van der Waals surface area contributed by atoms with Gasteiger partial charge in [0, 0.05) is 11.1 Å². The molecule has 0 aliphatic heterocycles. The van der Waals surface area contributed by atoms with Crippen molar-refractivity contribution in [2.75, 3.05) is 12.4 Å². The number of anilines is 1. The van der Waals surface area contributed by atoms with Gasteiger partial charge < -0.3 is 10.1 Å². The third-order valence-electron chi connectivity index (χ3n) is 3.21. The monoisotopic (exact) mass is 264 g/mol.